The van der Waals surface area contributed by atoms with Gasteiger partial charge in [-0.15, -0.1) is 0 Å². The van der Waals surface area contributed by atoms with E-state index in [9.17, 15) is 10.1 Å². The fourth-order valence-corrected chi connectivity index (χ4v) is 1.98. The second-order valence-electron chi connectivity index (χ2n) is 6.20. The molecule has 0 bridgehead atoms. The lowest BCUT2D eigenvalue weighted by molar-refractivity contribution is -0.0982. The highest BCUT2D eigenvalue weighted by atomic mass is 16.5. The van der Waals surface area contributed by atoms with Crippen molar-refractivity contribution in [1.29, 1.82) is 0 Å². The van der Waals surface area contributed by atoms with Gasteiger partial charge in [-0.25, -0.2) is 0 Å². The van der Waals surface area contributed by atoms with Crippen molar-refractivity contribution in [2.75, 3.05) is 7.11 Å². The molecule has 1 aromatic heterocycles. The molecule has 21 heavy (non-hydrogen) atoms. The summed E-state index contributed by atoms with van der Waals surface area (Å²) in [5.74, 6) is 0.628. The molecule has 114 valence electrons. The van der Waals surface area contributed by atoms with Crippen LogP contribution in [-0.2, 0) is 4.65 Å². The van der Waals surface area contributed by atoms with Crippen LogP contribution in [0.4, 0.5) is 0 Å². The fraction of sp³-hybridized carbons (Fsp3) is 0.467. The number of hydrogen-bond donors (Lipinski definition) is 3. The number of hydrogen-bond acceptors (Lipinski definition) is 4. The molecular formula is C15H22BNO4. The van der Waals surface area contributed by atoms with Gasteiger partial charge in [0, 0.05) is 17.8 Å². The molecule has 5 nitrogen and oxygen atoms in total. The summed E-state index contributed by atoms with van der Waals surface area (Å²) < 4.78 is 10.9. The lowest BCUT2D eigenvalue weighted by Gasteiger charge is -2.38. The smallest absolute Gasteiger partial charge is 0.492 e. The summed E-state index contributed by atoms with van der Waals surface area (Å²) >= 11 is 0. The van der Waals surface area contributed by atoms with Crippen molar-refractivity contribution in [1.82, 2.24) is 4.98 Å². The SMILES string of the molecule is COc1cc(B(O)OC(C)(C)C(C)(C)O)c2cc[nH]c2c1. The summed E-state index contributed by atoms with van der Waals surface area (Å²) in [6, 6.07) is 5.46. The van der Waals surface area contributed by atoms with E-state index >= 15 is 0 Å². The predicted molar refractivity (Wildman–Crippen MR) is 83.9 cm³/mol. The van der Waals surface area contributed by atoms with Gasteiger partial charge in [0.05, 0.1) is 18.3 Å². The third-order valence-corrected chi connectivity index (χ3v) is 4.06. The molecule has 0 aliphatic carbocycles. The first-order chi connectivity index (χ1) is 9.65. The molecule has 1 aromatic carbocycles. The summed E-state index contributed by atoms with van der Waals surface area (Å²) in [5, 5.41) is 21.5. The van der Waals surface area contributed by atoms with Crippen LogP contribution in [0.25, 0.3) is 10.9 Å². The molecule has 2 aromatic rings. The van der Waals surface area contributed by atoms with Crippen molar-refractivity contribution in [2.24, 2.45) is 0 Å². The van der Waals surface area contributed by atoms with Crippen LogP contribution in [0.2, 0.25) is 0 Å². The summed E-state index contributed by atoms with van der Waals surface area (Å²) in [7, 11) is 0.404. The maximum atomic E-state index is 10.5. The second kappa shape index (κ2) is 5.37. The molecule has 1 heterocycles. The van der Waals surface area contributed by atoms with Gasteiger partial charge in [-0.1, -0.05) is 0 Å². The Kier molecular flexibility index (Phi) is 4.06. The largest absolute Gasteiger partial charge is 0.497 e. The van der Waals surface area contributed by atoms with Crippen molar-refractivity contribution in [3.63, 3.8) is 0 Å². The van der Waals surface area contributed by atoms with Crippen LogP contribution in [0.15, 0.2) is 24.4 Å². The lowest BCUT2D eigenvalue weighted by Crippen LogP contribution is -2.53. The van der Waals surface area contributed by atoms with E-state index in [0.29, 0.717) is 11.2 Å². The molecule has 0 fully saturated rings. The Morgan fingerprint density at radius 1 is 1.19 bits per heavy atom. The number of aliphatic hydroxyl groups is 1. The molecular weight excluding hydrogens is 269 g/mol. The number of benzene rings is 1. The van der Waals surface area contributed by atoms with Crippen LogP contribution in [0, 0.1) is 0 Å². The number of nitrogens with one attached hydrogen (secondary N) is 1. The van der Waals surface area contributed by atoms with E-state index in [4.69, 9.17) is 9.39 Å². The third kappa shape index (κ3) is 3.07. The molecule has 0 saturated heterocycles. The normalized spacial score (nSPS) is 12.7. The van der Waals surface area contributed by atoms with E-state index in [0.717, 1.165) is 10.9 Å². The standard InChI is InChI=1S/C15H22BNO4/c1-14(2,18)15(3,4)21-16(19)12-8-10(20-5)9-13-11(12)6-7-17-13/h6-9,17-19H,1-5H3. The number of fused-ring (bicyclic) bond motifs is 1. The Morgan fingerprint density at radius 3 is 2.43 bits per heavy atom. The zero-order valence-electron chi connectivity index (χ0n) is 13.1. The molecule has 6 heteroatoms. The minimum Gasteiger partial charge on any atom is -0.497 e. The monoisotopic (exact) mass is 291 g/mol. The number of rotatable bonds is 5. The van der Waals surface area contributed by atoms with Gasteiger partial charge in [-0.3, -0.25) is 0 Å². The van der Waals surface area contributed by atoms with Gasteiger partial charge in [-0.05, 0) is 50.7 Å². The van der Waals surface area contributed by atoms with Crippen LogP contribution in [0.1, 0.15) is 27.7 Å². The first-order valence-corrected chi connectivity index (χ1v) is 6.89. The molecule has 0 spiro atoms. The molecule has 0 atom stereocenters. The fourth-order valence-electron chi connectivity index (χ4n) is 1.98. The minimum atomic E-state index is -1.17. The van der Waals surface area contributed by atoms with E-state index in [1.807, 2.05) is 12.1 Å². The zero-order valence-corrected chi connectivity index (χ0v) is 13.1. The molecule has 0 unspecified atom stereocenters. The van der Waals surface area contributed by atoms with Gasteiger partial charge in [0.2, 0.25) is 0 Å². The number of H-pyrrole nitrogens is 1. The zero-order chi connectivity index (χ0) is 15.8. The highest BCUT2D eigenvalue weighted by molar-refractivity contribution is 6.63. The first-order valence-electron chi connectivity index (χ1n) is 6.89. The van der Waals surface area contributed by atoms with E-state index in [-0.39, 0.29) is 0 Å². The topological polar surface area (TPSA) is 74.7 Å². The molecule has 3 N–H and O–H groups in total. The Labute approximate surface area is 125 Å². The van der Waals surface area contributed by atoms with E-state index in [1.165, 1.54) is 0 Å². The Morgan fingerprint density at radius 2 is 1.86 bits per heavy atom. The number of methoxy groups -OCH3 is 1. The molecule has 0 saturated carbocycles. The predicted octanol–water partition coefficient (Wildman–Crippen LogP) is 1.43. The van der Waals surface area contributed by atoms with Crippen molar-refractivity contribution >= 4 is 23.5 Å². The number of ether oxygens (including phenoxy) is 1. The van der Waals surface area contributed by atoms with Gasteiger partial charge in [-0.2, -0.15) is 0 Å². The average molecular weight is 291 g/mol. The summed E-state index contributed by atoms with van der Waals surface area (Å²) in [5.41, 5.74) is -0.557. The van der Waals surface area contributed by atoms with Crippen molar-refractivity contribution in [3.8, 4) is 5.75 Å². The minimum absolute atomic E-state index is 0.600. The molecule has 2 rings (SSSR count). The van der Waals surface area contributed by atoms with Gasteiger partial charge in [0.15, 0.2) is 0 Å². The maximum Gasteiger partial charge on any atom is 0.492 e. The molecule has 0 aliphatic heterocycles. The number of aromatic amines is 1. The lowest BCUT2D eigenvalue weighted by atomic mass is 9.75. The maximum absolute atomic E-state index is 10.5. The van der Waals surface area contributed by atoms with Crippen LogP contribution < -0.4 is 10.2 Å². The summed E-state index contributed by atoms with van der Waals surface area (Å²) in [6.45, 7) is 6.78. The summed E-state index contributed by atoms with van der Waals surface area (Å²) in [6.07, 6.45) is 1.79. The van der Waals surface area contributed by atoms with Crippen molar-refractivity contribution < 1.29 is 19.5 Å². The molecule has 0 radical (unpaired) electrons. The summed E-state index contributed by atoms with van der Waals surface area (Å²) in [4.78, 5) is 3.09. The van der Waals surface area contributed by atoms with Crippen LogP contribution in [-0.4, -0.2) is 40.5 Å². The molecule has 0 amide bonds. The van der Waals surface area contributed by atoms with Gasteiger partial charge < -0.3 is 24.5 Å². The highest BCUT2D eigenvalue weighted by Gasteiger charge is 2.40. The average Bonchev–Trinajstić information content (AvgIpc) is 2.83. The quantitative estimate of drug-likeness (QED) is 0.729. The Hall–Kier alpha value is -1.50. The highest BCUT2D eigenvalue weighted by Crippen LogP contribution is 2.26. The van der Waals surface area contributed by atoms with Crippen LogP contribution in [0.3, 0.4) is 0 Å². The van der Waals surface area contributed by atoms with Gasteiger partial charge >= 0.3 is 7.12 Å². The Bertz CT molecular complexity index is 630. The van der Waals surface area contributed by atoms with Crippen LogP contribution >= 0.6 is 0 Å². The molecule has 0 aliphatic rings. The van der Waals surface area contributed by atoms with E-state index in [1.54, 1.807) is 47.1 Å². The Balaban J connectivity index is 2.39. The van der Waals surface area contributed by atoms with Crippen molar-refractivity contribution in [3.05, 3.63) is 24.4 Å². The second-order valence-corrected chi connectivity index (χ2v) is 6.20. The first kappa shape index (κ1) is 15.9. The van der Waals surface area contributed by atoms with E-state index < -0.39 is 18.3 Å². The third-order valence-electron chi connectivity index (χ3n) is 4.06. The van der Waals surface area contributed by atoms with Gasteiger partial charge in [0.25, 0.3) is 0 Å². The number of aromatic nitrogens is 1. The van der Waals surface area contributed by atoms with E-state index in [2.05, 4.69) is 4.98 Å². The van der Waals surface area contributed by atoms with Crippen molar-refractivity contribution in [2.45, 2.75) is 38.9 Å². The van der Waals surface area contributed by atoms with Crippen LogP contribution in [0.5, 0.6) is 5.75 Å². The van der Waals surface area contributed by atoms with Gasteiger partial charge in [0.1, 0.15) is 5.75 Å².